The maximum Gasteiger partial charge on any atom is 0.125 e. The predicted octanol–water partition coefficient (Wildman–Crippen LogP) is 4.16. The molecule has 2 aromatic carbocycles. The van der Waals surface area contributed by atoms with Gasteiger partial charge in [-0.25, -0.2) is 9.37 Å². The molecule has 0 atom stereocenters. The number of halogens is 2. The van der Waals surface area contributed by atoms with Gasteiger partial charge in [-0.15, -0.1) is 11.6 Å². The summed E-state index contributed by atoms with van der Waals surface area (Å²) in [5.41, 5.74) is 2.83. The molecule has 0 amide bonds. The third-order valence-corrected chi connectivity index (χ3v) is 3.61. The Balaban J connectivity index is 1.95. The number of rotatable bonds is 4. The van der Waals surface area contributed by atoms with Gasteiger partial charge in [-0.3, -0.25) is 0 Å². The molecule has 4 heteroatoms. The first-order valence-electron chi connectivity index (χ1n) is 6.52. The second-order valence-electron chi connectivity index (χ2n) is 4.68. The number of aromatic nitrogens is 2. The standard InChI is InChI=1S/C16H14ClFN2/c17-11-16-19-14-7-6-13(18)10-15(14)20(16)9-8-12-4-2-1-3-5-12/h1-7,10H,8-9,11H2. The second kappa shape index (κ2) is 5.63. The van der Waals surface area contributed by atoms with Crippen LogP contribution in [0.2, 0.25) is 0 Å². The van der Waals surface area contributed by atoms with Crippen molar-refractivity contribution in [3.8, 4) is 0 Å². The van der Waals surface area contributed by atoms with Crippen LogP contribution in [-0.4, -0.2) is 9.55 Å². The van der Waals surface area contributed by atoms with Crippen LogP contribution in [0.15, 0.2) is 48.5 Å². The molecule has 3 rings (SSSR count). The Morgan fingerprint density at radius 3 is 2.65 bits per heavy atom. The highest BCUT2D eigenvalue weighted by Crippen LogP contribution is 2.19. The van der Waals surface area contributed by atoms with Gasteiger partial charge in [-0.05, 0) is 30.2 Å². The summed E-state index contributed by atoms with van der Waals surface area (Å²) < 4.78 is 15.4. The van der Waals surface area contributed by atoms with Crippen LogP contribution in [0.3, 0.4) is 0 Å². The van der Waals surface area contributed by atoms with E-state index in [0.29, 0.717) is 5.88 Å². The van der Waals surface area contributed by atoms with Crippen molar-refractivity contribution in [2.45, 2.75) is 18.8 Å². The normalized spacial score (nSPS) is 11.1. The third kappa shape index (κ3) is 2.54. The second-order valence-corrected chi connectivity index (χ2v) is 4.95. The van der Waals surface area contributed by atoms with Crippen LogP contribution in [0.25, 0.3) is 11.0 Å². The molecular weight excluding hydrogens is 275 g/mol. The number of nitrogens with zero attached hydrogens (tertiary/aromatic N) is 2. The average Bonchev–Trinajstić information content (AvgIpc) is 2.83. The van der Waals surface area contributed by atoms with E-state index in [1.165, 1.54) is 17.7 Å². The van der Waals surface area contributed by atoms with Crippen LogP contribution < -0.4 is 0 Å². The maximum absolute atomic E-state index is 13.4. The van der Waals surface area contributed by atoms with Gasteiger partial charge in [0, 0.05) is 6.54 Å². The van der Waals surface area contributed by atoms with Crippen molar-refractivity contribution in [1.29, 1.82) is 0 Å². The van der Waals surface area contributed by atoms with Crippen molar-refractivity contribution in [3.63, 3.8) is 0 Å². The molecule has 0 fully saturated rings. The van der Waals surface area contributed by atoms with Crippen LogP contribution in [-0.2, 0) is 18.8 Å². The number of fused-ring (bicyclic) bond motifs is 1. The molecule has 0 saturated heterocycles. The van der Waals surface area contributed by atoms with Gasteiger partial charge in [0.05, 0.1) is 16.9 Å². The lowest BCUT2D eigenvalue weighted by Gasteiger charge is -2.08. The summed E-state index contributed by atoms with van der Waals surface area (Å²) in [5.74, 6) is 0.855. The molecule has 1 aromatic heterocycles. The monoisotopic (exact) mass is 288 g/mol. The number of hydrogen-bond donors (Lipinski definition) is 0. The summed E-state index contributed by atoms with van der Waals surface area (Å²) in [6.45, 7) is 0.742. The van der Waals surface area contributed by atoms with Crippen LogP contribution in [0.5, 0.6) is 0 Å². The highest BCUT2D eigenvalue weighted by atomic mass is 35.5. The summed E-state index contributed by atoms with van der Waals surface area (Å²) in [6, 6.07) is 14.8. The van der Waals surface area contributed by atoms with Gasteiger partial charge in [0.1, 0.15) is 11.6 Å². The van der Waals surface area contributed by atoms with Gasteiger partial charge in [0.2, 0.25) is 0 Å². The summed E-state index contributed by atoms with van der Waals surface area (Å²) >= 11 is 5.95. The Labute approximate surface area is 121 Å². The smallest absolute Gasteiger partial charge is 0.125 e. The number of hydrogen-bond acceptors (Lipinski definition) is 1. The molecule has 2 nitrogen and oxygen atoms in total. The molecule has 0 spiro atoms. The third-order valence-electron chi connectivity index (χ3n) is 3.38. The van der Waals surface area contributed by atoms with Crippen molar-refractivity contribution in [3.05, 3.63) is 65.7 Å². The molecule has 0 aliphatic carbocycles. The van der Waals surface area contributed by atoms with Crippen molar-refractivity contribution in [2.24, 2.45) is 0 Å². The van der Waals surface area contributed by atoms with Gasteiger partial charge in [-0.1, -0.05) is 30.3 Å². The fraction of sp³-hybridized carbons (Fsp3) is 0.188. The van der Waals surface area contributed by atoms with Crippen LogP contribution in [0.1, 0.15) is 11.4 Å². The quantitative estimate of drug-likeness (QED) is 0.659. The van der Waals surface area contributed by atoms with Crippen molar-refractivity contribution in [1.82, 2.24) is 9.55 Å². The Morgan fingerprint density at radius 1 is 1.10 bits per heavy atom. The van der Waals surface area contributed by atoms with Gasteiger partial charge in [0.25, 0.3) is 0 Å². The van der Waals surface area contributed by atoms with E-state index in [1.54, 1.807) is 6.07 Å². The van der Waals surface area contributed by atoms with E-state index in [1.807, 2.05) is 22.8 Å². The largest absolute Gasteiger partial charge is 0.327 e. The van der Waals surface area contributed by atoms with Gasteiger partial charge in [-0.2, -0.15) is 0 Å². The van der Waals surface area contributed by atoms with Crippen LogP contribution >= 0.6 is 11.6 Å². The van der Waals surface area contributed by atoms with E-state index in [-0.39, 0.29) is 5.82 Å². The summed E-state index contributed by atoms with van der Waals surface area (Å²) in [5, 5.41) is 0. The predicted molar refractivity (Wildman–Crippen MR) is 79.4 cm³/mol. The number of alkyl halides is 1. The lowest BCUT2D eigenvalue weighted by Crippen LogP contribution is -2.05. The molecule has 0 bridgehead atoms. The first-order chi connectivity index (χ1) is 9.78. The maximum atomic E-state index is 13.4. The van der Waals surface area contributed by atoms with E-state index >= 15 is 0 Å². The highest BCUT2D eigenvalue weighted by Gasteiger charge is 2.10. The Bertz CT molecular complexity index is 722. The Hall–Kier alpha value is -1.87. The Kier molecular flexibility index (Phi) is 3.70. The average molecular weight is 289 g/mol. The Morgan fingerprint density at radius 2 is 1.90 bits per heavy atom. The fourth-order valence-corrected chi connectivity index (χ4v) is 2.59. The summed E-state index contributed by atoms with van der Waals surface area (Å²) in [7, 11) is 0. The molecular formula is C16H14ClFN2. The molecule has 0 N–H and O–H groups in total. The SMILES string of the molecule is Fc1ccc2nc(CCl)n(CCc3ccccc3)c2c1. The molecule has 20 heavy (non-hydrogen) atoms. The number of aryl methyl sites for hydroxylation is 2. The van der Waals surface area contributed by atoms with E-state index in [9.17, 15) is 4.39 Å². The van der Waals surface area contributed by atoms with Gasteiger partial charge >= 0.3 is 0 Å². The van der Waals surface area contributed by atoms with Gasteiger partial charge in [0.15, 0.2) is 0 Å². The first-order valence-corrected chi connectivity index (χ1v) is 7.06. The van der Waals surface area contributed by atoms with E-state index in [0.717, 1.165) is 29.8 Å². The van der Waals surface area contributed by atoms with Crippen LogP contribution in [0, 0.1) is 5.82 Å². The van der Waals surface area contributed by atoms with E-state index in [4.69, 9.17) is 11.6 Å². The molecule has 0 unspecified atom stereocenters. The topological polar surface area (TPSA) is 17.8 Å². The summed E-state index contributed by atoms with van der Waals surface area (Å²) in [4.78, 5) is 4.45. The zero-order chi connectivity index (χ0) is 13.9. The lowest BCUT2D eigenvalue weighted by molar-refractivity contribution is 0.626. The minimum atomic E-state index is -0.250. The molecule has 0 radical (unpaired) electrons. The van der Waals surface area contributed by atoms with E-state index < -0.39 is 0 Å². The first kappa shape index (κ1) is 13.1. The van der Waals surface area contributed by atoms with Crippen LogP contribution in [0.4, 0.5) is 4.39 Å². The molecule has 0 saturated carbocycles. The zero-order valence-corrected chi connectivity index (χ0v) is 11.6. The minimum Gasteiger partial charge on any atom is -0.327 e. The molecule has 0 aliphatic heterocycles. The summed E-state index contributed by atoms with van der Waals surface area (Å²) in [6.07, 6.45) is 0.868. The zero-order valence-electron chi connectivity index (χ0n) is 10.9. The lowest BCUT2D eigenvalue weighted by atomic mass is 10.1. The van der Waals surface area contributed by atoms with Gasteiger partial charge < -0.3 is 4.57 Å². The fourth-order valence-electron chi connectivity index (χ4n) is 2.38. The molecule has 3 aromatic rings. The highest BCUT2D eigenvalue weighted by molar-refractivity contribution is 6.16. The molecule has 1 heterocycles. The number of imidazole rings is 1. The van der Waals surface area contributed by atoms with Crippen molar-refractivity contribution >= 4 is 22.6 Å². The van der Waals surface area contributed by atoms with Crippen molar-refractivity contribution < 1.29 is 4.39 Å². The number of benzene rings is 2. The minimum absolute atomic E-state index is 0.250. The molecule has 0 aliphatic rings. The molecule has 102 valence electrons. The van der Waals surface area contributed by atoms with Crippen molar-refractivity contribution in [2.75, 3.05) is 0 Å². The van der Waals surface area contributed by atoms with E-state index in [2.05, 4.69) is 17.1 Å².